The molecule has 1 fully saturated rings. The Hall–Kier alpha value is -0.220. The molecule has 0 aromatic heterocycles. The molecule has 0 bridgehead atoms. The van der Waals surface area contributed by atoms with E-state index in [9.17, 15) is 4.79 Å². The third-order valence-electron chi connectivity index (χ3n) is 2.63. The van der Waals surface area contributed by atoms with E-state index in [2.05, 4.69) is 12.2 Å². The fourth-order valence-electron chi connectivity index (χ4n) is 1.71. The zero-order chi connectivity index (χ0) is 10.4. The van der Waals surface area contributed by atoms with Gasteiger partial charge in [0.25, 0.3) is 0 Å². The van der Waals surface area contributed by atoms with Crippen LogP contribution in [0.4, 0.5) is 0 Å². The Morgan fingerprint density at radius 1 is 1.57 bits per heavy atom. The molecule has 0 spiro atoms. The van der Waals surface area contributed by atoms with Crippen molar-refractivity contribution in [2.24, 2.45) is 5.73 Å². The molecule has 1 aliphatic rings. The lowest BCUT2D eigenvalue weighted by Gasteiger charge is -2.15. The number of primary amides is 1. The summed E-state index contributed by atoms with van der Waals surface area (Å²) in [7, 11) is 0. The zero-order valence-electron chi connectivity index (χ0n) is 8.79. The van der Waals surface area contributed by atoms with Gasteiger partial charge in [-0.25, -0.2) is 0 Å². The number of unbranched alkanes of at least 4 members (excludes halogenated alkanes) is 1. The van der Waals surface area contributed by atoms with E-state index in [0.717, 1.165) is 24.6 Å². The summed E-state index contributed by atoms with van der Waals surface area (Å²) in [5, 5.41) is 4.27. The average Bonchev–Trinajstić information content (AvgIpc) is 2.51. The van der Waals surface area contributed by atoms with E-state index in [1.165, 1.54) is 12.2 Å². The van der Waals surface area contributed by atoms with Crippen LogP contribution in [0, 0.1) is 0 Å². The summed E-state index contributed by atoms with van der Waals surface area (Å²) in [6, 6.07) is 0.675. The van der Waals surface area contributed by atoms with Gasteiger partial charge in [-0.2, -0.15) is 11.8 Å². The average molecular weight is 216 g/mol. The minimum atomic E-state index is -0.185. The summed E-state index contributed by atoms with van der Waals surface area (Å²) in [6.45, 7) is 3.29. The summed E-state index contributed by atoms with van der Waals surface area (Å²) in [4.78, 5) is 10.5. The van der Waals surface area contributed by atoms with Crippen molar-refractivity contribution in [1.29, 1.82) is 0 Å². The smallest absolute Gasteiger partial charge is 0.217 e. The number of amides is 1. The van der Waals surface area contributed by atoms with Crippen LogP contribution < -0.4 is 11.1 Å². The summed E-state index contributed by atoms with van der Waals surface area (Å²) < 4.78 is 0. The maximum atomic E-state index is 10.5. The molecule has 0 saturated carbocycles. The van der Waals surface area contributed by atoms with Gasteiger partial charge < -0.3 is 11.1 Å². The summed E-state index contributed by atoms with van der Waals surface area (Å²) in [6.07, 6.45) is 3.77. The molecule has 0 aliphatic carbocycles. The molecular formula is C10H20N2OS. The SMILES string of the molecule is CC1SCCC1NCCCCC(N)=O. The Balaban J connectivity index is 1.95. The molecule has 3 nitrogen and oxygen atoms in total. The van der Waals surface area contributed by atoms with Crippen molar-refractivity contribution in [3.8, 4) is 0 Å². The third kappa shape index (κ3) is 4.33. The summed E-state index contributed by atoms with van der Waals surface area (Å²) in [5.41, 5.74) is 5.06. The van der Waals surface area contributed by atoms with Crippen molar-refractivity contribution in [3.05, 3.63) is 0 Å². The van der Waals surface area contributed by atoms with Crippen LogP contribution >= 0.6 is 11.8 Å². The van der Waals surface area contributed by atoms with Gasteiger partial charge in [0.15, 0.2) is 0 Å². The Bertz CT molecular complexity index is 187. The maximum Gasteiger partial charge on any atom is 0.217 e. The highest BCUT2D eigenvalue weighted by Crippen LogP contribution is 2.25. The first-order chi connectivity index (χ1) is 6.70. The lowest BCUT2D eigenvalue weighted by molar-refractivity contribution is -0.118. The first-order valence-electron chi connectivity index (χ1n) is 5.33. The van der Waals surface area contributed by atoms with Crippen LogP contribution in [0.2, 0.25) is 0 Å². The highest BCUT2D eigenvalue weighted by atomic mass is 32.2. The predicted octanol–water partition coefficient (Wildman–Crippen LogP) is 1.13. The largest absolute Gasteiger partial charge is 0.370 e. The van der Waals surface area contributed by atoms with E-state index in [4.69, 9.17) is 5.73 Å². The summed E-state index contributed by atoms with van der Waals surface area (Å²) in [5.74, 6) is 1.09. The highest BCUT2D eigenvalue weighted by Gasteiger charge is 2.22. The second kappa shape index (κ2) is 6.30. The number of carbonyl (C=O) groups is 1. The lowest BCUT2D eigenvalue weighted by Crippen LogP contribution is -2.34. The van der Waals surface area contributed by atoms with Crippen LogP contribution in [0.1, 0.15) is 32.6 Å². The minimum absolute atomic E-state index is 0.185. The summed E-state index contributed by atoms with van der Waals surface area (Å²) >= 11 is 2.04. The molecule has 2 atom stereocenters. The van der Waals surface area contributed by atoms with Gasteiger partial charge in [-0.1, -0.05) is 6.92 Å². The van der Waals surface area contributed by atoms with E-state index in [-0.39, 0.29) is 5.91 Å². The van der Waals surface area contributed by atoms with E-state index >= 15 is 0 Å². The molecule has 3 N–H and O–H groups in total. The number of nitrogens with two attached hydrogens (primary N) is 1. The number of hydrogen-bond donors (Lipinski definition) is 2. The van der Waals surface area contributed by atoms with Crippen LogP contribution in [0.25, 0.3) is 0 Å². The number of carbonyl (C=O) groups excluding carboxylic acids is 1. The highest BCUT2D eigenvalue weighted by molar-refractivity contribution is 8.00. The molecule has 14 heavy (non-hydrogen) atoms. The van der Waals surface area contributed by atoms with E-state index in [1.807, 2.05) is 11.8 Å². The monoisotopic (exact) mass is 216 g/mol. The maximum absolute atomic E-state index is 10.5. The fourth-order valence-corrected chi connectivity index (χ4v) is 2.94. The number of hydrogen-bond acceptors (Lipinski definition) is 3. The van der Waals surface area contributed by atoms with Gasteiger partial charge in [-0.15, -0.1) is 0 Å². The molecule has 0 radical (unpaired) electrons. The number of thioether (sulfide) groups is 1. The van der Waals surface area contributed by atoms with Gasteiger partial charge in [0, 0.05) is 17.7 Å². The molecule has 1 rings (SSSR count). The molecule has 82 valence electrons. The van der Waals surface area contributed by atoms with Crippen molar-refractivity contribution >= 4 is 17.7 Å². The predicted molar refractivity (Wildman–Crippen MR) is 61.4 cm³/mol. The standard InChI is InChI=1S/C10H20N2OS/c1-8-9(5-7-14-8)12-6-3-2-4-10(11)13/h8-9,12H,2-7H2,1H3,(H2,11,13). The van der Waals surface area contributed by atoms with Crippen molar-refractivity contribution in [2.75, 3.05) is 12.3 Å². The third-order valence-corrected chi connectivity index (χ3v) is 3.96. The van der Waals surface area contributed by atoms with E-state index in [1.54, 1.807) is 0 Å². The normalized spacial score (nSPS) is 26.6. The van der Waals surface area contributed by atoms with Crippen LogP contribution in [0.5, 0.6) is 0 Å². The second-order valence-corrected chi connectivity index (χ2v) is 5.33. The minimum Gasteiger partial charge on any atom is -0.370 e. The Labute approximate surface area is 90.2 Å². The second-order valence-electron chi connectivity index (χ2n) is 3.85. The molecule has 1 amide bonds. The van der Waals surface area contributed by atoms with Crippen molar-refractivity contribution in [1.82, 2.24) is 5.32 Å². The lowest BCUT2D eigenvalue weighted by atomic mass is 10.1. The van der Waals surface area contributed by atoms with Gasteiger partial charge in [-0.3, -0.25) is 4.79 Å². The first kappa shape index (κ1) is 11.9. The quantitative estimate of drug-likeness (QED) is 0.654. The molecule has 4 heteroatoms. The molecule has 1 saturated heterocycles. The Morgan fingerprint density at radius 3 is 2.93 bits per heavy atom. The van der Waals surface area contributed by atoms with Gasteiger partial charge in [0.05, 0.1) is 0 Å². The first-order valence-corrected chi connectivity index (χ1v) is 6.38. The van der Waals surface area contributed by atoms with Gasteiger partial charge in [0.1, 0.15) is 0 Å². The molecular weight excluding hydrogens is 196 g/mol. The van der Waals surface area contributed by atoms with Crippen LogP contribution in [-0.2, 0) is 4.79 Å². The fraction of sp³-hybridized carbons (Fsp3) is 0.900. The number of nitrogens with one attached hydrogen (secondary N) is 1. The molecule has 0 aromatic carbocycles. The molecule has 1 heterocycles. The molecule has 1 aliphatic heterocycles. The number of rotatable bonds is 6. The van der Waals surface area contributed by atoms with Crippen molar-refractivity contribution in [3.63, 3.8) is 0 Å². The van der Waals surface area contributed by atoms with Crippen molar-refractivity contribution in [2.45, 2.75) is 43.9 Å². The van der Waals surface area contributed by atoms with Crippen LogP contribution in [-0.4, -0.2) is 29.5 Å². The topological polar surface area (TPSA) is 55.1 Å². The van der Waals surface area contributed by atoms with Gasteiger partial charge >= 0.3 is 0 Å². The molecule has 0 aromatic rings. The van der Waals surface area contributed by atoms with E-state index < -0.39 is 0 Å². The zero-order valence-corrected chi connectivity index (χ0v) is 9.61. The van der Waals surface area contributed by atoms with E-state index in [0.29, 0.717) is 12.5 Å². The molecule has 2 unspecified atom stereocenters. The van der Waals surface area contributed by atoms with Gasteiger partial charge in [0.2, 0.25) is 5.91 Å². The van der Waals surface area contributed by atoms with Crippen LogP contribution in [0.3, 0.4) is 0 Å². The Kier molecular flexibility index (Phi) is 5.33. The van der Waals surface area contributed by atoms with Gasteiger partial charge in [-0.05, 0) is 31.6 Å². The Morgan fingerprint density at radius 2 is 2.36 bits per heavy atom. The van der Waals surface area contributed by atoms with Crippen molar-refractivity contribution < 1.29 is 4.79 Å². The van der Waals surface area contributed by atoms with Crippen LogP contribution in [0.15, 0.2) is 0 Å².